The number of nitrogen functional groups attached to an aromatic ring is 1. The lowest BCUT2D eigenvalue weighted by Crippen LogP contribution is -2.31. The van der Waals surface area contributed by atoms with Gasteiger partial charge in [0.05, 0.1) is 4.88 Å². The van der Waals surface area contributed by atoms with E-state index in [1.165, 1.54) is 5.39 Å². The molecule has 0 amide bonds. The van der Waals surface area contributed by atoms with Crippen molar-refractivity contribution in [2.75, 3.05) is 17.6 Å². The molecule has 0 aliphatic rings. The van der Waals surface area contributed by atoms with Crippen molar-refractivity contribution in [1.29, 1.82) is 0 Å². The maximum atomic E-state index is 6.25. The summed E-state index contributed by atoms with van der Waals surface area (Å²) in [7, 11) is 0. The molecule has 0 spiro atoms. The molecule has 136 valence electrons. The summed E-state index contributed by atoms with van der Waals surface area (Å²) in [6.45, 7) is 0.658. The van der Waals surface area contributed by atoms with Crippen LogP contribution in [0, 0.1) is 0 Å². The molecule has 2 aromatic carbocycles. The first-order valence-electron chi connectivity index (χ1n) is 8.81. The molecule has 5 nitrogen and oxygen atoms in total. The summed E-state index contributed by atoms with van der Waals surface area (Å²) in [5.41, 5.74) is 15.1. The Bertz CT molecular complexity index is 1060. The van der Waals surface area contributed by atoms with Crippen LogP contribution >= 0.6 is 11.3 Å². The van der Waals surface area contributed by atoms with Gasteiger partial charge in [0.25, 0.3) is 0 Å². The van der Waals surface area contributed by atoms with E-state index in [-0.39, 0.29) is 6.04 Å². The van der Waals surface area contributed by atoms with Crippen LogP contribution in [0.15, 0.2) is 67.1 Å². The van der Waals surface area contributed by atoms with E-state index in [0.29, 0.717) is 6.54 Å². The highest BCUT2D eigenvalue weighted by Gasteiger charge is 2.08. The zero-order valence-electron chi connectivity index (χ0n) is 14.8. The predicted molar refractivity (Wildman–Crippen MR) is 114 cm³/mol. The second-order valence-electron chi connectivity index (χ2n) is 6.56. The van der Waals surface area contributed by atoms with E-state index < -0.39 is 0 Å². The number of thiazole rings is 1. The smallest absolute Gasteiger partial charge is 0.183 e. The van der Waals surface area contributed by atoms with Crippen molar-refractivity contribution < 1.29 is 0 Å². The minimum absolute atomic E-state index is 0.00711. The van der Waals surface area contributed by atoms with Gasteiger partial charge in [-0.1, -0.05) is 35.6 Å². The minimum Gasteiger partial charge on any atom is -0.399 e. The SMILES string of the molecule is Nc1cccc(C[C@H](N)CNc2ncc(-c3ccc4cnccc4c3)s2)c1. The van der Waals surface area contributed by atoms with Gasteiger partial charge in [-0.05, 0) is 47.2 Å². The van der Waals surface area contributed by atoms with Crippen molar-refractivity contribution in [3.63, 3.8) is 0 Å². The molecular weight excluding hydrogens is 354 g/mol. The van der Waals surface area contributed by atoms with E-state index in [0.717, 1.165) is 38.6 Å². The molecular formula is C21H21N5S. The van der Waals surface area contributed by atoms with Crippen LogP contribution in [0.3, 0.4) is 0 Å². The molecule has 4 aromatic rings. The van der Waals surface area contributed by atoms with E-state index >= 15 is 0 Å². The maximum Gasteiger partial charge on any atom is 0.183 e. The molecule has 27 heavy (non-hydrogen) atoms. The fourth-order valence-electron chi connectivity index (χ4n) is 3.04. The fraction of sp³-hybridized carbons (Fsp3) is 0.143. The zero-order valence-corrected chi connectivity index (χ0v) is 15.6. The molecule has 2 heterocycles. The van der Waals surface area contributed by atoms with Crippen LogP contribution in [-0.2, 0) is 6.42 Å². The number of nitrogens with two attached hydrogens (primary N) is 2. The van der Waals surface area contributed by atoms with Crippen LogP contribution in [-0.4, -0.2) is 22.6 Å². The Balaban J connectivity index is 1.40. The van der Waals surface area contributed by atoms with Crippen LogP contribution in [0.25, 0.3) is 21.2 Å². The number of fused-ring (bicyclic) bond motifs is 1. The van der Waals surface area contributed by atoms with E-state index in [2.05, 4.69) is 33.5 Å². The largest absolute Gasteiger partial charge is 0.399 e. The van der Waals surface area contributed by atoms with Crippen molar-refractivity contribution in [3.8, 4) is 10.4 Å². The van der Waals surface area contributed by atoms with Crippen molar-refractivity contribution in [2.45, 2.75) is 12.5 Å². The second kappa shape index (κ2) is 7.73. The molecule has 5 N–H and O–H groups in total. The quantitative estimate of drug-likeness (QED) is 0.444. The Morgan fingerprint density at radius 1 is 1.04 bits per heavy atom. The molecule has 0 unspecified atom stereocenters. The maximum absolute atomic E-state index is 6.25. The molecule has 0 aliphatic carbocycles. The first-order valence-corrected chi connectivity index (χ1v) is 9.63. The number of hydrogen-bond acceptors (Lipinski definition) is 6. The highest BCUT2D eigenvalue weighted by Crippen LogP contribution is 2.30. The lowest BCUT2D eigenvalue weighted by Gasteiger charge is -2.12. The average Bonchev–Trinajstić information content (AvgIpc) is 3.15. The summed E-state index contributed by atoms with van der Waals surface area (Å²) in [6.07, 6.45) is 6.36. The molecule has 1 atom stereocenters. The van der Waals surface area contributed by atoms with Crippen LogP contribution in [0.4, 0.5) is 10.8 Å². The van der Waals surface area contributed by atoms with Gasteiger partial charge in [0.15, 0.2) is 5.13 Å². The summed E-state index contributed by atoms with van der Waals surface area (Å²) < 4.78 is 0. The van der Waals surface area contributed by atoms with Gasteiger partial charge < -0.3 is 16.8 Å². The highest BCUT2D eigenvalue weighted by molar-refractivity contribution is 7.18. The third-order valence-corrected chi connectivity index (χ3v) is 5.40. The molecule has 0 fully saturated rings. The molecule has 0 bridgehead atoms. The number of nitrogens with zero attached hydrogens (tertiary/aromatic N) is 2. The normalized spacial score (nSPS) is 12.2. The number of rotatable bonds is 6. The number of anilines is 2. The van der Waals surface area contributed by atoms with Gasteiger partial charge in [0.1, 0.15) is 0 Å². The Morgan fingerprint density at radius 3 is 2.85 bits per heavy atom. The summed E-state index contributed by atoms with van der Waals surface area (Å²) in [6, 6.07) is 16.2. The summed E-state index contributed by atoms with van der Waals surface area (Å²) >= 11 is 1.63. The second-order valence-corrected chi connectivity index (χ2v) is 7.59. The van der Waals surface area contributed by atoms with Gasteiger partial charge >= 0.3 is 0 Å². The van der Waals surface area contributed by atoms with Crippen molar-refractivity contribution in [2.24, 2.45) is 5.73 Å². The Morgan fingerprint density at radius 2 is 1.96 bits per heavy atom. The third kappa shape index (κ3) is 4.24. The number of nitrogens with one attached hydrogen (secondary N) is 1. The zero-order chi connectivity index (χ0) is 18.6. The molecule has 2 aromatic heterocycles. The summed E-state index contributed by atoms with van der Waals surface area (Å²) in [4.78, 5) is 9.77. The molecule has 0 saturated heterocycles. The third-order valence-electron chi connectivity index (χ3n) is 4.40. The fourth-order valence-corrected chi connectivity index (χ4v) is 3.86. The van der Waals surface area contributed by atoms with Crippen LogP contribution in [0.2, 0.25) is 0 Å². The summed E-state index contributed by atoms with van der Waals surface area (Å²) in [5, 5.41) is 6.54. The van der Waals surface area contributed by atoms with Crippen molar-refractivity contribution >= 4 is 32.9 Å². The number of aromatic nitrogens is 2. The van der Waals surface area contributed by atoms with Crippen molar-refractivity contribution in [1.82, 2.24) is 9.97 Å². The number of hydrogen-bond donors (Lipinski definition) is 3. The minimum atomic E-state index is -0.00711. The molecule has 0 saturated carbocycles. The van der Waals surface area contributed by atoms with E-state index in [4.69, 9.17) is 11.5 Å². The van der Waals surface area contributed by atoms with Gasteiger partial charge in [0, 0.05) is 42.3 Å². The van der Waals surface area contributed by atoms with Gasteiger partial charge in [-0.2, -0.15) is 0 Å². The molecule has 4 rings (SSSR count). The highest BCUT2D eigenvalue weighted by atomic mass is 32.1. The molecule has 0 aliphatic heterocycles. The molecule has 6 heteroatoms. The Hall–Kier alpha value is -2.96. The first-order chi connectivity index (χ1) is 13.2. The van der Waals surface area contributed by atoms with Crippen LogP contribution in [0.5, 0.6) is 0 Å². The van der Waals surface area contributed by atoms with Crippen LogP contribution < -0.4 is 16.8 Å². The standard InChI is InChI=1S/C21H21N5S/c22-18-3-1-2-14(8-18)9-19(23)12-25-21-26-13-20(27-21)16-4-5-17-11-24-7-6-15(17)10-16/h1-8,10-11,13,19H,9,12,22-23H2,(H,25,26)/t19-/m0/s1. The van der Waals surface area contributed by atoms with E-state index in [1.54, 1.807) is 11.3 Å². The predicted octanol–water partition coefficient (Wildman–Crippen LogP) is 3.92. The summed E-state index contributed by atoms with van der Waals surface area (Å²) in [5.74, 6) is 0. The molecule has 0 radical (unpaired) electrons. The van der Waals surface area contributed by atoms with Gasteiger partial charge in [0.2, 0.25) is 0 Å². The Labute approximate surface area is 162 Å². The number of pyridine rings is 1. The van der Waals surface area contributed by atoms with Gasteiger partial charge in [-0.3, -0.25) is 4.98 Å². The van der Waals surface area contributed by atoms with Gasteiger partial charge in [-0.15, -0.1) is 0 Å². The van der Waals surface area contributed by atoms with Crippen LogP contribution in [0.1, 0.15) is 5.56 Å². The average molecular weight is 376 g/mol. The monoisotopic (exact) mass is 375 g/mol. The number of benzene rings is 2. The lowest BCUT2D eigenvalue weighted by molar-refractivity contribution is 0.699. The van der Waals surface area contributed by atoms with E-state index in [1.807, 2.05) is 48.9 Å². The topological polar surface area (TPSA) is 89.8 Å². The van der Waals surface area contributed by atoms with Gasteiger partial charge in [-0.25, -0.2) is 4.98 Å². The van der Waals surface area contributed by atoms with Crippen molar-refractivity contribution in [3.05, 3.63) is 72.7 Å². The van der Waals surface area contributed by atoms with E-state index in [9.17, 15) is 0 Å². The lowest BCUT2D eigenvalue weighted by atomic mass is 10.1. The first kappa shape index (κ1) is 17.5. The Kier molecular flexibility index (Phi) is 5.00.